The van der Waals surface area contributed by atoms with Gasteiger partial charge in [-0.1, -0.05) is 53.8 Å². The molecule has 1 aliphatic rings. The summed E-state index contributed by atoms with van der Waals surface area (Å²) in [6, 6.07) is 16.4. The Hall–Kier alpha value is -3.62. The Morgan fingerprint density at radius 3 is 2.54 bits per heavy atom. The van der Waals surface area contributed by atoms with Crippen molar-refractivity contribution in [2.45, 2.75) is 19.9 Å². The van der Waals surface area contributed by atoms with Crippen molar-refractivity contribution in [3.05, 3.63) is 119 Å². The van der Waals surface area contributed by atoms with Crippen LogP contribution in [0.25, 0.3) is 11.8 Å². The fraction of sp³-hybridized carbons (Fsp3) is 0.148. The Bertz CT molecular complexity index is 1610. The van der Waals surface area contributed by atoms with E-state index in [2.05, 4.69) is 0 Å². The summed E-state index contributed by atoms with van der Waals surface area (Å²) in [7, 11) is 0. The first kappa shape index (κ1) is 23.1. The smallest absolute Gasteiger partial charge is 0.338 e. The van der Waals surface area contributed by atoms with Crippen molar-refractivity contribution >= 4 is 40.4 Å². The van der Waals surface area contributed by atoms with E-state index in [1.807, 2.05) is 54.8 Å². The van der Waals surface area contributed by atoms with Crippen LogP contribution in [0.15, 0.2) is 81.4 Å². The van der Waals surface area contributed by atoms with Gasteiger partial charge in [-0.25, -0.2) is 14.2 Å². The Labute approximate surface area is 208 Å². The molecule has 0 radical (unpaired) electrons. The zero-order chi connectivity index (χ0) is 24.5. The minimum Gasteiger partial charge on any atom is -0.463 e. The molecule has 2 aromatic heterocycles. The molecule has 5 nitrogen and oxygen atoms in total. The lowest BCUT2D eigenvalue weighted by atomic mass is 9.93. The number of halogens is 1. The standard InChI is InChI=1S/C27H21FN2O3S2/c1-3-33-26(32)22-23(17-7-5-4-6-8-17)29-27-30(24(22)18-9-11-19(28)12-10-18)25(31)21(35-27)15-20-16(2)13-14-34-20/h4-15,24H,3H2,1-2H3/t24-/m1/s1. The van der Waals surface area contributed by atoms with Gasteiger partial charge in [-0.05, 0) is 54.6 Å². The molecule has 8 heteroatoms. The molecule has 0 unspecified atom stereocenters. The molecule has 0 fully saturated rings. The number of aryl methyl sites for hydroxylation is 1. The average Bonchev–Trinajstić information content (AvgIpc) is 3.41. The number of aromatic nitrogens is 1. The molecule has 3 heterocycles. The van der Waals surface area contributed by atoms with Crippen LogP contribution in [0.2, 0.25) is 0 Å². The third-order valence-corrected chi connectivity index (χ3v) is 7.67. The molecule has 1 aliphatic heterocycles. The average molecular weight is 505 g/mol. The first-order valence-corrected chi connectivity index (χ1v) is 12.8. The highest BCUT2D eigenvalue weighted by Crippen LogP contribution is 2.35. The number of benzene rings is 2. The second-order valence-corrected chi connectivity index (χ2v) is 9.91. The molecule has 0 saturated carbocycles. The second-order valence-electron chi connectivity index (χ2n) is 7.95. The quantitative estimate of drug-likeness (QED) is 0.378. The number of rotatable bonds is 5. The first-order chi connectivity index (χ1) is 17.0. The maximum Gasteiger partial charge on any atom is 0.338 e. The largest absolute Gasteiger partial charge is 0.463 e. The van der Waals surface area contributed by atoms with Gasteiger partial charge in [0.1, 0.15) is 5.82 Å². The monoisotopic (exact) mass is 504 g/mol. The van der Waals surface area contributed by atoms with E-state index in [1.165, 1.54) is 28.0 Å². The van der Waals surface area contributed by atoms with Gasteiger partial charge in [-0.2, -0.15) is 0 Å². The predicted octanol–water partition coefficient (Wildman–Crippen LogP) is 4.44. The number of carbonyl (C=O) groups is 1. The van der Waals surface area contributed by atoms with E-state index < -0.39 is 17.8 Å². The number of ether oxygens (including phenoxy) is 1. The molecular weight excluding hydrogens is 483 g/mol. The van der Waals surface area contributed by atoms with Crippen LogP contribution in [0.4, 0.5) is 4.39 Å². The van der Waals surface area contributed by atoms with E-state index in [9.17, 15) is 14.0 Å². The van der Waals surface area contributed by atoms with Gasteiger partial charge in [-0.15, -0.1) is 11.3 Å². The van der Waals surface area contributed by atoms with Crippen LogP contribution in [-0.2, 0) is 9.53 Å². The summed E-state index contributed by atoms with van der Waals surface area (Å²) in [5.41, 5.74) is 2.83. The lowest BCUT2D eigenvalue weighted by molar-refractivity contribution is -0.138. The third-order valence-electron chi connectivity index (χ3n) is 5.72. The molecule has 0 bridgehead atoms. The number of nitrogens with zero attached hydrogens (tertiary/aromatic N) is 2. The maximum atomic E-state index is 13.8. The molecule has 2 aromatic carbocycles. The molecule has 5 rings (SSSR count). The van der Waals surface area contributed by atoms with Gasteiger partial charge in [0, 0.05) is 10.4 Å². The Kier molecular flexibility index (Phi) is 6.32. The Morgan fingerprint density at radius 1 is 1.14 bits per heavy atom. The molecule has 0 saturated heterocycles. The predicted molar refractivity (Wildman–Crippen MR) is 137 cm³/mol. The van der Waals surface area contributed by atoms with Gasteiger partial charge in [-0.3, -0.25) is 9.36 Å². The molecule has 0 aliphatic carbocycles. The van der Waals surface area contributed by atoms with Gasteiger partial charge in [0.25, 0.3) is 5.56 Å². The fourth-order valence-corrected chi connectivity index (χ4v) is 5.97. The van der Waals surface area contributed by atoms with Crippen LogP contribution in [0.5, 0.6) is 0 Å². The summed E-state index contributed by atoms with van der Waals surface area (Å²) in [5.74, 6) is -0.966. The third kappa shape index (κ3) is 4.31. The highest BCUT2D eigenvalue weighted by atomic mass is 32.1. The van der Waals surface area contributed by atoms with Crippen LogP contribution in [-0.4, -0.2) is 17.1 Å². The molecule has 0 N–H and O–H groups in total. The SMILES string of the molecule is CCOC(=O)C1=C(c2ccccc2)N=c2sc(=Cc3sccc3C)c(=O)n2[C@@H]1c1ccc(F)cc1. The fourth-order valence-electron chi connectivity index (χ4n) is 4.05. The van der Waals surface area contributed by atoms with Crippen molar-refractivity contribution in [3.8, 4) is 0 Å². The Morgan fingerprint density at radius 2 is 1.89 bits per heavy atom. The Balaban J connectivity index is 1.85. The normalized spacial score (nSPS) is 15.6. The molecule has 1 atom stereocenters. The zero-order valence-electron chi connectivity index (χ0n) is 19.0. The van der Waals surface area contributed by atoms with Gasteiger partial charge in [0.2, 0.25) is 0 Å². The number of hydrogen-bond donors (Lipinski definition) is 0. The maximum absolute atomic E-state index is 13.8. The van der Waals surface area contributed by atoms with Crippen LogP contribution >= 0.6 is 22.7 Å². The van der Waals surface area contributed by atoms with Gasteiger partial charge < -0.3 is 4.74 Å². The van der Waals surface area contributed by atoms with Crippen molar-refractivity contribution < 1.29 is 13.9 Å². The highest BCUT2D eigenvalue weighted by Gasteiger charge is 2.35. The minimum atomic E-state index is -0.812. The van der Waals surface area contributed by atoms with Gasteiger partial charge >= 0.3 is 5.97 Å². The van der Waals surface area contributed by atoms with E-state index in [4.69, 9.17) is 9.73 Å². The molecule has 0 amide bonds. The van der Waals surface area contributed by atoms with E-state index in [-0.39, 0.29) is 17.7 Å². The summed E-state index contributed by atoms with van der Waals surface area (Å²) in [6.45, 7) is 3.89. The van der Waals surface area contributed by atoms with E-state index in [1.54, 1.807) is 30.4 Å². The number of fused-ring (bicyclic) bond motifs is 1. The molecule has 0 spiro atoms. The van der Waals surface area contributed by atoms with Crippen LogP contribution in [0.3, 0.4) is 0 Å². The van der Waals surface area contributed by atoms with Crippen molar-refractivity contribution in [3.63, 3.8) is 0 Å². The van der Waals surface area contributed by atoms with Crippen molar-refractivity contribution in [2.75, 3.05) is 6.61 Å². The summed E-state index contributed by atoms with van der Waals surface area (Å²) in [5, 5.41) is 1.98. The summed E-state index contributed by atoms with van der Waals surface area (Å²) in [4.78, 5) is 33.3. The first-order valence-electron chi connectivity index (χ1n) is 11.1. The van der Waals surface area contributed by atoms with Gasteiger partial charge in [0.15, 0.2) is 4.80 Å². The highest BCUT2D eigenvalue weighted by molar-refractivity contribution is 7.11. The molecule has 176 valence electrons. The van der Waals surface area contributed by atoms with Crippen molar-refractivity contribution in [1.29, 1.82) is 0 Å². The van der Waals surface area contributed by atoms with Crippen LogP contribution in [0, 0.1) is 12.7 Å². The number of carbonyl (C=O) groups excluding carboxylic acids is 1. The lowest BCUT2D eigenvalue weighted by Crippen LogP contribution is -2.40. The number of esters is 1. The van der Waals surface area contributed by atoms with E-state index in [0.717, 1.165) is 16.0 Å². The molecular formula is C27H21FN2O3S2. The van der Waals surface area contributed by atoms with Crippen molar-refractivity contribution in [2.24, 2.45) is 4.99 Å². The van der Waals surface area contributed by atoms with Gasteiger partial charge in [0.05, 0.1) is 28.5 Å². The molecule has 4 aromatic rings. The molecule has 35 heavy (non-hydrogen) atoms. The summed E-state index contributed by atoms with van der Waals surface area (Å²) < 4.78 is 21.3. The topological polar surface area (TPSA) is 60.7 Å². The number of hydrogen-bond acceptors (Lipinski definition) is 6. The van der Waals surface area contributed by atoms with Crippen LogP contribution in [0.1, 0.15) is 34.5 Å². The summed E-state index contributed by atoms with van der Waals surface area (Å²) in [6.07, 6.45) is 1.86. The lowest BCUT2D eigenvalue weighted by Gasteiger charge is -2.25. The van der Waals surface area contributed by atoms with E-state index in [0.29, 0.717) is 20.6 Å². The minimum absolute atomic E-state index is 0.169. The van der Waals surface area contributed by atoms with E-state index >= 15 is 0 Å². The number of thiazole rings is 1. The van der Waals surface area contributed by atoms with Crippen molar-refractivity contribution in [1.82, 2.24) is 4.57 Å². The van der Waals surface area contributed by atoms with Crippen LogP contribution < -0.4 is 14.9 Å². The number of thiophene rings is 1. The summed E-state index contributed by atoms with van der Waals surface area (Å²) >= 11 is 2.82. The second kappa shape index (κ2) is 9.56. The zero-order valence-corrected chi connectivity index (χ0v) is 20.7.